The molecule has 0 atom stereocenters. The Kier molecular flexibility index (Phi) is 5.37. The second kappa shape index (κ2) is 6.44. The minimum Gasteiger partial charge on any atom is -0.302 e. The molecule has 72 valence electrons. The van der Waals surface area contributed by atoms with E-state index in [9.17, 15) is 0 Å². The Morgan fingerprint density at radius 3 is 2.25 bits per heavy atom. The smallest absolute Gasteiger partial charge is 0.0654 e. The van der Waals surface area contributed by atoms with Crippen LogP contribution in [0.1, 0.15) is 51.9 Å². The molecule has 0 bridgehead atoms. The Labute approximate surface area is 75.6 Å². The first-order valence-electron chi connectivity index (χ1n) is 5.31. The Balaban J connectivity index is 2.11. The standard InChI is InChI=1S/C10H21NO/c1-2-12-11-10-8-6-4-3-5-7-9-10/h10-11H,2-9H2,1H3. The van der Waals surface area contributed by atoms with E-state index in [0.717, 1.165) is 6.61 Å². The highest BCUT2D eigenvalue weighted by Gasteiger charge is 2.09. The van der Waals surface area contributed by atoms with Crippen LogP contribution in [0, 0.1) is 0 Å². The van der Waals surface area contributed by atoms with Gasteiger partial charge in [0.2, 0.25) is 0 Å². The highest BCUT2D eigenvalue weighted by atomic mass is 16.6. The van der Waals surface area contributed by atoms with Crippen LogP contribution >= 0.6 is 0 Å². The van der Waals surface area contributed by atoms with Gasteiger partial charge in [0.1, 0.15) is 0 Å². The third-order valence-electron chi connectivity index (χ3n) is 2.50. The molecule has 1 aliphatic rings. The van der Waals surface area contributed by atoms with Gasteiger partial charge < -0.3 is 4.84 Å². The fraction of sp³-hybridized carbons (Fsp3) is 1.00. The number of nitrogens with one attached hydrogen (secondary N) is 1. The molecular weight excluding hydrogens is 150 g/mol. The van der Waals surface area contributed by atoms with Crippen molar-refractivity contribution >= 4 is 0 Å². The van der Waals surface area contributed by atoms with Gasteiger partial charge in [-0.05, 0) is 19.8 Å². The van der Waals surface area contributed by atoms with E-state index in [1.807, 2.05) is 6.92 Å². The maximum Gasteiger partial charge on any atom is 0.0654 e. The quantitative estimate of drug-likeness (QED) is 0.659. The van der Waals surface area contributed by atoms with Gasteiger partial charge in [0, 0.05) is 6.04 Å². The van der Waals surface area contributed by atoms with Gasteiger partial charge in [-0.3, -0.25) is 0 Å². The fourth-order valence-corrected chi connectivity index (χ4v) is 1.78. The number of hydrogen-bond donors (Lipinski definition) is 1. The summed E-state index contributed by atoms with van der Waals surface area (Å²) in [5, 5.41) is 0. The Bertz CT molecular complexity index is 95.3. The lowest BCUT2D eigenvalue weighted by Crippen LogP contribution is -2.29. The average Bonchev–Trinajstić information content (AvgIpc) is 2.02. The molecule has 0 aromatic rings. The highest BCUT2D eigenvalue weighted by molar-refractivity contribution is 4.65. The van der Waals surface area contributed by atoms with Crippen molar-refractivity contribution in [2.45, 2.75) is 57.9 Å². The molecule has 0 unspecified atom stereocenters. The minimum absolute atomic E-state index is 0.616. The van der Waals surface area contributed by atoms with E-state index in [1.54, 1.807) is 0 Å². The summed E-state index contributed by atoms with van der Waals surface area (Å²) in [6, 6.07) is 0.616. The lowest BCUT2D eigenvalue weighted by atomic mass is 9.97. The van der Waals surface area contributed by atoms with Crippen LogP contribution in [0.5, 0.6) is 0 Å². The maximum absolute atomic E-state index is 5.22. The fourth-order valence-electron chi connectivity index (χ4n) is 1.78. The number of hydroxylamine groups is 1. The van der Waals surface area contributed by atoms with Crippen LogP contribution < -0.4 is 5.48 Å². The lowest BCUT2D eigenvalue weighted by molar-refractivity contribution is 0.0180. The van der Waals surface area contributed by atoms with E-state index in [-0.39, 0.29) is 0 Å². The van der Waals surface area contributed by atoms with E-state index in [0.29, 0.717) is 6.04 Å². The Morgan fingerprint density at radius 1 is 1.08 bits per heavy atom. The van der Waals surface area contributed by atoms with Gasteiger partial charge in [0.05, 0.1) is 6.61 Å². The lowest BCUT2D eigenvalue weighted by Gasteiger charge is -2.19. The molecule has 1 rings (SSSR count). The summed E-state index contributed by atoms with van der Waals surface area (Å²) in [6.07, 6.45) is 9.56. The van der Waals surface area contributed by atoms with Crippen molar-refractivity contribution < 1.29 is 4.84 Å². The molecule has 2 nitrogen and oxygen atoms in total. The molecule has 1 aliphatic carbocycles. The molecular formula is C10H21NO. The summed E-state index contributed by atoms with van der Waals surface area (Å²) in [7, 11) is 0. The van der Waals surface area contributed by atoms with Crippen molar-refractivity contribution in [1.82, 2.24) is 5.48 Å². The molecule has 0 aromatic heterocycles. The molecule has 0 radical (unpaired) electrons. The van der Waals surface area contributed by atoms with Gasteiger partial charge in [0.15, 0.2) is 0 Å². The van der Waals surface area contributed by atoms with Gasteiger partial charge in [-0.1, -0.05) is 32.1 Å². The summed E-state index contributed by atoms with van der Waals surface area (Å²) in [6.45, 7) is 2.80. The molecule has 0 saturated heterocycles. The van der Waals surface area contributed by atoms with Crippen molar-refractivity contribution in [1.29, 1.82) is 0 Å². The van der Waals surface area contributed by atoms with Gasteiger partial charge in [-0.15, -0.1) is 0 Å². The monoisotopic (exact) mass is 171 g/mol. The first kappa shape index (κ1) is 10.0. The first-order valence-corrected chi connectivity index (χ1v) is 5.31. The molecule has 0 aromatic carbocycles. The number of hydrogen-bond acceptors (Lipinski definition) is 2. The normalized spacial score (nSPS) is 21.8. The summed E-state index contributed by atoms with van der Waals surface area (Å²) >= 11 is 0. The SMILES string of the molecule is CCONC1CCCCCCC1. The summed E-state index contributed by atoms with van der Waals surface area (Å²) in [4.78, 5) is 5.22. The van der Waals surface area contributed by atoms with Crippen LogP contribution in [0.3, 0.4) is 0 Å². The van der Waals surface area contributed by atoms with E-state index in [4.69, 9.17) is 4.84 Å². The zero-order chi connectivity index (χ0) is 8.65. The van der Waals surface area contributed by atoms with Crippen LogP contribution in [-0.4, -0.2) is 12.6 Å². The zero-order valence-electron chi connectivity index (χ0n) is 8.14. The van der Waals surface area contributed by atoms with Crippen molar-refractivity contribution in [3.05, 3.63) is 0 Å². The molecule has 12 heavy (non-hydrogen) atoms. The van der Waals surface area contributed by atoms with Crippen LogP contribution in [0.25, 0.3) is 0 Å². The molecule has 0 spiro atoms. The van der Waals surface area contributed by atoms with Crippen molar-refractivity contribution in [2.75, 3.05) is 6.61 Å². The van der Waals surface area contributed by atoms with Gasteiger partial charge in [-0.25, -0.2) is 0 Å². The zero-order valence-corrected chi connectivity index (χ0v) is 8.14. The Hall–Kier alpha value is -0.0800. The molecule has 0 heterocycles. The van der Waals surface area contributed by atoms with Crippen LogP contribution in [-0.2, 0) is 4.84 Å². The molecule has 1 N–H and O–H groups in total. The largest absolute Gasteiger partial charge is 0.302 e. The molecule has 2 heteroatoms. The van der Waals surface area contributed by atoms with Gasteiger partial charge in [-0.2, -0.15) is 5.48 Å². The Morgan fingerprint density at radius 2 is 1.67 bits per heavy atom. The summed E-state index contributed by atoms with van der Waals surface area (Å²) in [5.41, 5.74) is 3.14. The molecule has 1 fully saturated rings. The minimum atomic E-state index is 0.616. The van der Waals surface area contributed by atoms with Crippen LogP contribution in [0.4, 0.5) is 0 Å². The first-order chi connectivity index (χ1) is 5.93. The van der Waals surface area contributed by atoms with Crippen molar-refractivity contribution in [3.8, 4) is 0 Å². The topological polar surface area (TPSA) is 21.3 Å². The van der Waals surface area contributed by atoms with E-state index in [1.165, 1.54) is 44.9 Å². The summed E-state index contributed by atoms with van der Waals surface area (Å²) < 4.78 is 0. The predicted molar refractivity (Wildman–Crippen MR) is 50.9 cm³/mol. The third-order valence-corrected chi connectivity index (χ3v) is 2.50. The van der Waals surface area contributed by atoms with Crippen LogP contribution in [0.15, 0.2) is 0 Å². The highest BCUT2D eigenvalue weighted by Crippen LogP contribution is 2.16. The number of rotatable bonds is 3. The molecule has 0 amide bonds. The van der Waals surface area contributed by atoms with Gasteiger partial charge in [0.25, 0.3) is 0 Å². The second-order valence-electron chi connectivity index (χ2n) is 3.59. The van der Waals surface area contributed by atoms with E-state index >= 15 is 0 Å². The van der Waals surface area contributed by atoms with Crippen molar-refractivity contribution in [2.24, 2.45) is 0 Å². The summed E-state index contributed by atoms with van der Waals surface area (Å²) in [5.74, 6) is 0. The average molecular weight is 171 g/mol. The molecule has 0 aliphatic heterocycles. The predicted octanol–water partition coefficient (Wildman–Crippen LogP) is 2.64. The van der Waals surface area contributed by atoms with Crippen LogP contribution in [0.2, 0.25) is 0 Å². The third kappa shape index (κ3) is 4.07. The molecule has 1 saturated carbocycles. The van der Waals surface area contributed by atoms with Crippen molar-refractivity contribution in [3.63, 3.8) is 0 Å². The van der Waals surface area contributed by atoms with Gasteiger partial charge >= 0.3 is 0 Å². The van der Waals surface area contributed by atoms with E-state index < -0.39 is 0 Å². The van der Waals surface area contributed by atoms with E-state index in [2.05, 4.69) is 5.48 Å². The second-order valence-corrected chi connectivity index (χ2v) is 3.59. The maximum atomic E-state index is 5.22.